The van der Waals surface area contributed by atoms with Gasteiger partial charge in [0.05, 0.1) is 5.69 Å². The standard InChI is InChI=1S/C9H7N2S/c12-9-4-2-1-3-7(9)8-5-10-6-11-8/h1-3,5H,4H2,(H,10,11). The van der Waals surface area contributed by atoms with Crippen LogP contribution in [0.25, 0.3) is 5.57 Å². The summed E-state index contributed by atoms with van der Waals surface area (Å²) in [7, 11) is 0. The number of hydrogen-bond acceptors (Lipinski definition) is 2. The first-order chi connectivity index (χ1) is 5.88. The van der Waals surface area contributed by atoms with E-state index in [1.807, 2.05) is 18.2 Å². The van der Waals surface area contributed by atoms with E-state index in [-0.39, 0.29) is 0 Å². The van der Waals surface area contributed by atoms with Gasteiger partial charge in [0.15, 0.2) is 6.33 Å². The van der Waals surface area contributed by atoms with Gasteiger partial charge in [-0.25, -0.2) is 4.98 Å². The smallest absolute Gasteiger partial charge is 0.174 e. The van der Waals surface area contributed by atoms with Gasteiger partial charge in [0, 0.05) is 23.1 Å². The van der Waals surface area contributed by atoms with E-state index in [0.717, 1.165) is 22.6 Å². The maximum absolute atomic E-state index is 5.19. The van der Waals surface area contributed by atoms with Gasteiger partial charge in [0.25, 0.3) is 0 Å². The Morgan fingerprint density at radius 3 is 3.17 bits per heavy atom. The molecule has 0 amide bonds. The first-order valence-corrected chi connectivity index (χ1v) is 4.10. The van der Waals surface area contributed by atoms with Crippen LogP contribution in [0, 0.1) is 6.33 Å². The third kappa shape index (κ3) is 1.23. The fourth-order valence-electron chi connectivity index (χ4n) is 1.13. The fourth-order valence-corrected chi connectivity index (χ4v) is 1.40. The van der Waals surface area contributed by atoms with Gasteiger partial charge in [-0.15, -0.1) is 0 Å². The van der Waals surface area contributed by atoms with Gasteiger partial charge in [-0.3, -0.25) is 0 Å². The van der Waals surface area contributed by atoms with Gasteiger partial charge >= 0.3 is 0 Å². The molecule has 1 N–H and O–H groups in total. The van der Waals surface area contributed by atoms with Crippen molar-refractivity contribution in [2.75, 3.05) is 0 Å². The lowest BCUT2D eigenvalue weighted by Gasteiger charge is -2.06. The molecular formula is C9H7N2S. The summed E-state index contributed by atoms with van der Waals surface area (Å²) in [5.74, 6) is 0. The van der Waals surface area contributed by atoms with Gasteiger partial charge < -0.3 is 4.98 Å². The molecule has 1 aromatic rings. The number of H-pyrrole nitrogens is 1. The van der Waals surface area contributed by atoms with Crippen molar-refractivity contribution in [1.82, 2.24) is 9.97 Å². The lowest BCUT2D eigenvalue weighted by atomic mass is 10.0. The summed E-state index contributed by atoms with van der Waals surface area (Å²) in [6.45, 7) is 0. The molecule has 0 saturated carbocycles. The summed E-state index contributed by atoms with van der Waals surface area (Å²) in [5, 5.41) is 0. The van der Waals surface area contributed by atoms with Crippen molar-refractivity contribution in [2.45, 2.75) is 6.42 Å². The van der Waals surface area contributed by atoms with Gasteiger partial charge in [0.2, 0.25) is 0 Å². The average molecular weight is 175 g/mol. The molecule has 1 radical (unpaired) electrons. The Kier molecular flexibility index (Phi) is 1.87. The van der Waals surface area contributed by atoms with Crippen molar-refractivity contribution in [3.63, 3.8) is 0 Å². The molecule has 0 aromatic carbocycles. The second-order valence-electron chi connectivity index (χ2n) is 2.53. The van der Waals surface area contributed by atoms with E-state index in [9.17, 15) is 0 Å². The molecule has 1 aliphatic rings. The lowest BCUT2D eigenvalue weighted by molar-refractivity contribution is 1.28. The van der Waals surface area contributed by atoms with Crippen LogP contribution in [0.4, 0.5) is 0 Å². The Labute approximate surface area is 76.0 Å². The summed E-state index contributed by atoms with van der Waals surface area (Å²) in [4.78, 5) is 7.75. The molecule has 12 heavy (non-hydrogen) atoms. The minimum absolute atomic E-state index is 0.841. The zero-order valence-electron chi connectivity index (χ0n) is 6.37. The summed E-state index contributed by atoms with van der Waals surface area (Å²) >= 11 is 5.19. The van der Waals surface area contributed by atoms with Gasteiger partial charge in [0.1, 0.15) is 0 Å². The van der Waals surface area contributed by atoms with Crippen LogP contribution in [-0.2, 0) is 0 Å². The minimum Gasteiger partial charge on any atom is -0.341 e. The largest absolute Gasteiger partial charge is 0.341 e. The molecule has 3 heteroatoms. The van der Waals surface area contributed by atoms with E-state index in [1.54, 1.807) is 6.20 Å². The highest BCUT2D eigenvalue weighted by Gasteiger charge is 2.09. The molecule has 2 nitrogen and oxygen atoms in total. The van der Waals surface area contributed by atoms with Crippen LogP contribution in [0.2, 0.25) is 0 Å². The summed E-state index contributed by atoms with van der Waals surface area (Å²) < 4.78 is 0. The number of nitrogens with one attached hydrogen (secondary N) is 1. The van der Waals surface area contributed by atoms with E-state index in [0.29, 0.717) is 0 Å². The topological polar surface area (TPSA) is 28.7 Å². The molecule has 0 spiro atoms. The van der Waals surface area contributed by atoms with Crippen molar-refractivity contribution in [3.8, 4) is 0 Å². The second-order valence-corrected chi connectivity index (χ2v) is 3.03. The quantitative estimate of drug-likeness (QED) is 0.660. The van der Waals surface area contributed by atoms with E-state index >= 15 is 0 Å². The third-order valence-corrected chi connectivity index (χ3v) is 2.11. The second kappa shape index (κ2) is 3.03. The lowest BCUT2D eigenvalue weighted by Crippen LogP contribution is -2.00. The van der Waals surface area contributed by atoms with Crippen LogP contribution in [0.5, 0.6) is 0 Å². The van der Waals surface area contributed by atoms with Crippen molar-refractivity contribution < 1.29 is 0 Å². The Bertz CT molecular complexity index is 347. The zero-order chi connectivity index (χ0) is 8.39. The monoisotopic (exact) mass is 175 g/mol. The highest BCUT2D eigenvalue weighted by Crippen LogP contribution is 2.18. The van der Waals surface area contributed by atoms with E-state index in [2.05, 4.69) is 16.3 Å². The summed E-state index contributed by atoms with van der Waals surface area (Å²) in [6.07, 6.45) is 11.3. The minimum atomic E-state index is 0.841. The van der Waals surface area contributed by atoms with Crippen LogP contribution >= 0.6 is 12.2 Å². The first-order valence-electron chi connectivity index (χ1n) is 3.70. The van der Waals surface area contributed by atoms with E-state index in [1.165, 1.54) is 0 Å². The van der Waals surface area contributed by atoms with Crippen molar-refractivity contribution in [2.24, 2.45) is 0 Å². The molecule has 2 rings (SSSR count). The average Bonchev–Trinajstić information content (AvgIpc) is 2.57. The van der Waals surface area contributed by atoms with Crippen molar-refractivity contribution >= 4 is 22.7 Å². The van der Waals surface area contributed by atoms with Crippen molar-refractivity contribution in [1.29, 1.82) is 0 Å². The van der Waals surface area contributed by atoms with Crippen LogP contribution in [0.1, 0.15) is 12.1 Å². The molecule has 59 valence electrons. The summed E-state index contributed by atoms with van der Waals surface area (Å²) in [5.41, 5.74) is 1.91. The van der Waals surface area contributed by atoms with E-state index < -0.39 is 0 Å². The number of imidazole rings is 1. The predicted octanol–water partition coefficient (Wildman–Crippen LogP) is 1.92. The predicted molar refractivity (Wildman–Crippen MR) is 51.8 cm³/mol. The molecule has 1 heterocycles. The number of allylic oxidation sites excluding steroid dienone is 4. The molecule has 0 unspecified atom stereocenters. The molecule has 1 aliphatic carbocycles. The van der Waals surface area contributed by atoms with E-state index in [4.69, 9.17) is 12.2 Å². The Morgan fingerprint density at radius 1 is 1.58 bits per heavy atom. The molecule has 0 atom stereocenters. The molecular weight excluding hydrogens is 168 g/mol. The normalized spacial score (nSPS) is 16.3. The molecule has 0 bridgehead atoms. The highest BCUT2D eigenvalue weighted by molar-refractivity contribution is 7.81. The number of aromatic amines is 1. The summed E-state index contributed by atoms with van der Waals surface area (Å²) in [6, 6.07) is 0. The van der Waals surface area contributed by atoms with Gasteiger partial charge in [-0.2, -0.15) is 0 Å². The maximum Gasteiger partial charge on any atom is 0.174 e. The molecule has 0 fully saturated rings. The van der Waals surface area contributed by atoms with Crippen LogP contribution in [0.15, 0.2) is 24.4 Å². The fraction of sp³-hybridized carbons (Fsp3) is 0.111. The third-order valence-electron chi connectivity index (χ3n) is 1.73. The SMILES string of the molecule is S=C1CC=CC=C1c1c[nH][c]n1. The first kappa shape index (κ1) is 7.43. The number of nitrogens with zero attached hydrogens (tertiary/aromatic N) is 1. The number of thiocarbonyl (C=S) groups is 1. The zero-order valence-corrected chi connectivity index (χ0v) is 7.19. The van der Waals surface area contributed by atoms with Gasteiger partial charge in [-0.05, 0) is 0 Å². The number of hydrogen-bond donors (Lipinski definition) is 1. The highest BCUT2D eigenvalue weighted by atomic mass is 32.1. The Hall–Kier alpha value is -1.22. The molecule has 1 aromatic heterocycles. The van der Waals surface area contributed by atoms with Crippen LogP contribution in [0.3, 0.4) is 0 Å². The van der Waals surface area contributed by atoms with Crippen molar-refractivity contribution in [3.05, 3.63) is 36.4 Å². The maximum atomic E-state index is 5.19. The number of rotatable bonds is 1. The number of aromatic nitrogens is 2. The Morgan fingerprint density at radius 2 is 2.50 bits per heavy atom. The Balaban J connectivity index is 2.40. The molecule has 0 aliphatic heterocycles. The van der Waals surface area contributed by atoms with Gasteiger partial charge in [-0.1, -0.05) is 30.4 Å². The molecule has 0 saturated heterocycles. The van der Waals surface area contributed by atoms with Crippen LogP contribution in [-0.4, -0.2) is 14.8 Å². The van der Waals surface area contributed by atoms with Crippen LogP contribution < -0.4 is 0 Å².